The van der Waals surface area contributed by atoms with Crippen LogP contribution in [0.2, 0.25) is 5.02 Å². The van der Waals surface area contributed by atoms with Crippen LogP contribution >= 0.6 is 23.4 Å². The molecule has 2 aromatic rings. The fourth-order valence-electron chi connectivity index (χ4n) is 3.20. The summed E-state index contributed by atoms with van der Waals surface area (Å²) in [6, 6.07) is 14.7. The van der Waals surface area contributed by atoms with Crippen molar-refractivity contribution in [1.82, 2.24) is 4.90 Å². The normalized spacial score (nSPS) is 17.6. The van der Waals surface area contributed by atoms with Gasteiger partial charge in [-0.25, -0.2) is 4.90 Å². The van der Waals surface area contributed by atoms with Gasteiger partial charge in [0.1, 0.15) is 10.6 Å². The first kappa shape index (κ1) is 19.1. The molecule has 5 nitrogen and oxygen atoms in total. The second-order valence-electron chi connectivity index (χ2n) is 6.61. The number of rotatable bonds is 4. The van der Waals surface area contributed by atoms with Crippen molar-refractivity contribution >= 4 is 40.9 Å². The van der Waals surface area contributed by atoms with Gasteiger partial charge in [0.15, 0.2) is 0 Å². The van der Waals surface area contributed by atoms with E-state index in [9.17, 15) is 9.59 Å². The number of carbonyl (C=O) groups is 2. The standard InChI is InChI=1S/C21H19ClN2O3S/c1-14-2-8-17(9-3-14)28-19-18(23-10-12-27-13-11-23)20(25)24(21(19)26)16-6-4-15(22)5-7-16/h2-9H,10-13H2,1H3. The van der Waals surface area contributed by atoms with Crippen molar-refractivity contribution in [2.24, 2.45) is 0 Å². The van der Waals surface area contributed by atoms with Crippen molar-refractivity contribution in [3.05, 3.63) is 69.7 Å². The van der Waals surface area contributed by atoms with Crippen molar-refractivity contribution in [2.45, 2.75) is 11.8 Å². The summed E-state index contributed by atoms with van der Waals surface area (Å²) in [6.45, 7) is 4.25. The number of hydrogen-bond donors (Lipinski definition) is 0. The molecule has 2 aliphatic heterocycles. The third-order valence-corrected chi connectivity index (χ3v) is 6.00. The summed E-state index contributed by atoms with van der Waals surface area (Å²) in [7, 11) is 0. The molecule has 0 atom stereocenters. The van der Waals surface area contributed by atoms with Crippen molar-refractivity contribution < 1.29 is 14.3 Å². The Labute approximate surface area is 172 Å². The van der Waals surface area contributed by atoms with E-state index in [1.807, 2.05) is 36.1 Å². The molecule has 144 valence electrons. The molecular weight excluding hydrogens is 396 g/mol. The van der Waals surface area contributed by atoms with Crippen LogP contribution in [0, 0.1) is 6.92 Å². The zero-order chi connectivity index (χ0) is 19.7. The maximum atomic E-state index is 13.3. The number of aryl methyl sites for hydroxylation is 1. The van der Waals surface area contributed by atoms with Crippen LogP contribution < -0.4 is 4.90 Å². The van der Waals surface area contributed by atoms with E-state index in [4.69, 9.17) is 16.3 Å². The molecule has 7 heteroatoms. The van der Waals surface area contributed by atoms with Crippen LogP contribution in [0.4, 0.5) is 5.69 Å². The van der Waals surface area contributed by atoms with E-state index in [0.29, 0.717) is 47.6 Å². The number of hydrogen-bond acceptors (Lipinski definition) is 5. The summed E-state index contributed by atoms with van der Waals surface area (Å²) in [5.74, 6) is -0.608. The van der Waals surface area contributed by atoms with E-state index in [0.717, 1.165) is 10.5 Å². The predicted octanol–water partition coefficient (Wildman–Crippen LogP) is 3.86. The number of carbonyl (C=O) groups excluding carboxylic acids is 2. The van der Waals surface area contributed by atoms with Crippen LogP contribution in [0.15, 0.2) is 64.0 Å². The molecule has 1 fully saturated rings. The van der Waals surface area contributed by atoms with Crippen molar-refractivity contribution in [2.75, 3.05) is 31.2 Å². The topological polar surface area (TPSA) is 49.9 Å². The maximum absolute atomic E-state index is 13.3. The Morgan fingerprint density at radius 2 is 1.57 bits per heavy atom. The van der Waals surface area contributed by atoms with Crippen LogP contribution in [0.3, 0.4) is 0 Å². The van der Waals surface area contributed by atoms with E-state index in [1.165, 1.54) is 16.7 Å². The van der Waals surface area contributed by atoms with Crippen molar-refractivity contribution in [3.8, 4) is 0 Å². The van der Waals surface area contributed by atoms with E-state index >= 15 is 0 Å². The lowest BCUT2D eigenvalue weighted by Gasteiger charge is -2.29. The Kier molecular flexibility index (Phi) is 5.44. The fraction of sp³-hybridized carbons (Fsp3) is 0.238. The monoisotopic (exact) mass is 414 g/mol. The molecule has 0 aliphatic carbocycles. The Morgan fingerprint density at radius 3 is 2.21 bits per heavy atom. The molecular formula is C21H19ClN2O3S. The zero-order valence-corrected chi connectivity index (χ0v) is 16.9. The van der Waals surface area contributed by atoms with Crippen LogP contribution in [0.25, 0.3) is 0 Å². The molecule has 0 N–H and O–H groups in total. The number of morpholine rings is 1. The van der Waals surface area contributed by atoms with Crippen LogP contribution in [0.1, 0.15) is 5.56 Å². The highest BCUT2D eigenvalue weighted by Crippen LogP contribution is 2.39. The van der Waals surface area contributed by atoms with Gasteiger partial charge in [-0.2, -0.15) is 0 Å². The molecule has 2 amide bonds. The number of benzene rings is 2. The number of amides is 2. The lowest BCUT2D eigenvalue weighted by atomic mass is 10.2. The second-order valence-corrected chi connectivity index (χ2v) is 8.13. The summed E-state index contributed by atoms with van der Waals surface area (Å²) in [6.07, 6.45) is 0. The number of thioether (sulfide) groups is 1. The summed E-state index contributed by atoms with van der Waals surface area (Å²) >= 11 is 7.30. The quantitative estimate of drug-likeness (QED) is 0.711. The molecule has 0 spiro atoms. The van der Waals surface area contributed by atoms with Gasteiger partial charge in [-0.05, 0) is 43.3 Å². The van der Waals surface area contributed by atoms with Crippen LogP contribution in [0.5, 0.6) is 0 Å². The minimum atomic E-state index is -0.306. The predicted molar refractivity (Wildman–Crippen MR) is 110 cm³/mol. The van der Waals surface area contributed by atoms with E-state index in [1.54, 1.807) is 24.3 Å². The van der Waals surface area contributed by atoms with Gasteiger partial charge in [0.05, 0.1) is 18.9 Å². The molecule has 2 aromatic carbocycles. The molecule has 4 rings (SSSR count). The third-order valence-electron chi connectivity index (χ3n) is 4.67. The molecule has 0 bridgehead atoms. The first-order valence-corrected chi connectivity index (χ1v) is 10.2. The van der Waals surface area contributed by atoms with Crippen LogP contribution in [-0.2, 0) is 14.3 Å². The van der Waals surface area contributed by atoms with Crippen LogP contribution in [-0.4, -0.2) is 43.0 Å². The molecule has 0 radical (unpaired) electrons. The van der Waals surface area contributed by atoms with Crippen molar-refractivity contribution in [3.63, 3.8) is 0 Å². The van der Waals surface area contributed by atoms with E-state index in [2.05, 4.69) is 0 Å². The molecule has 28 heavy (non-hydrogen) atoms. The minimum Gasteiger partial charge on any atom is -0.378 e. The highest BCUT2D eigenvalue weighted by atomic mass is 35.5. The lowest BCUT2D eigenvalue weighted by molar-refractivity contribution is -0.121. The molecule has 2 aliphatic rings. The molecule has 0 aromatic heterocycles. The Morgan fingerprint density at radius 1 is 0.929 bits per heavy atom. The second kappa shape index (κ2) is 7.99. The number of nitrogens with zero attached hydrogens (tertiary/aromatic N) is 2. The fourth-order valence-corrected chi connectivity index (χ4v) is 4.33. The lowest BCUT2D eigenvalue weighted by Crippen LogP contribution is -2.40. The number of ether oxygens (including phenoxy) is 1. The minimum absolute atomic E-state index is 0.302. The Bertz CT molecular complexity index is 935. The van der Waals surface area contributed by atoms with Gasteiger partial charge >= 0.3 is 0 Å². The Hall–Kier alpha value is -2.28. The highest BCUT2D eigenvalue weighted by Gasteiger charge is 2.42. The largest absolute Gasteiger partial charge is 0.378 e. The molecule has 1 saturated heterocycles. The maximum Gasteiger partial charge on any atom is 0.283 e. The van der Waals surface area contributed by atoms with Gasteiger partial charge in [-0.3, -0.25) is 9.59 Å². The van der Waals surface area contributed by atoms with E-state index in [-0.39, 0.29) is 11.8 Å². The van der Waals surface area contributed by atoms with Gasteiger partial charge in [0.25, 0.3) is 11.8 Å². The highest BCUT2D eigenvalue weighted by molar-refractivity contribution is 8.04. The summed E-state index contributed by atoms with van der Waals surface area (Å²) in [5.41, 5.74) is 2.11. The average Bonchev–Trinajstić information content (AvgIpc) is 2.95. The first-order valence-electron chi connectivity index (χ1n) is 9.00. The number of halogens is 1. The van der Waals surface area contributed by atoms with Crippen molar-refractivity contribution in [1.29, 1.82) is 0 Å². The molecule has 0 unspecified atom stereocenters. The SMILES string of the molecule is Cc1ccc(SC2=C(N3CCOCC3)C(=O)N(c3ccc(Cl)cc3)C2=O)cc1. The summed E-state index contributed by atoms with van der Waals surface area (Å²) in [4.78, 5) is 31.1. The zero-order valence-electron chi connectivity index (χ0n) is 15.4. The van der Waals surface area contributed by atoms with E-state index < -0.39 is 0 Å². The third kappa shape index (κ3) is 3.68. The smallest absolute Gasteiger partial charge is 0.283 e. The number of anilines is 1. The molecule has 0 saturated carbocycles. The average molecular weight is 415 g/mol. The Balaban J connectivity index is 1.72. The van der Waals surface area contributed by atoms with Gasteiger partial charge in [0.2, 0.25) is 0 Å². The van der Waals surface area contributed by atoms with Gasteiger partial charge in [-0.1, -0.05) is 41.1 Å². The number of imide groups is 1. The van der Waals surface area contributed by atoms with Gasteiger partial charge in [0, 0.05) is 23.0 Å². The summed E-state index contributed by atoms with van der Waals surface area (Å²) in [5, 5.41) is 0.554. The van der Waals surface area contributed by atoms with Gasteiger partial charge < -0.3 is 9.64 Å². The summed E-state index contributed by atoms with van der Waals surface area (Å²) < 4.78 is 5.42. The molecule has 2 heterocycles. The first-order chi connectivity index (χ1) is 13.5. The van der Waals surface area contributed by atoms with Gasteiger partial charge in [-0.15, -0.1) is 0 Å².